The quantitative estimate of drug-likeness (QED) is 0.807. The van der Waals surface area contributed by atoms with Crippen molar-refractivity contribution in [3.05, 3.63) is 34.9 Å². The summed E-state index contributed by atoms with van der Waals surface area (Å²) in [4.78, 5) is 2.38. The lowest BCUT2D eigenvalue weighted by molar-refractivity contribution is 0.290. The van der Waals surface area contributed by atoms with Crippen molar-refractivity contribution in [3.8, 4) is 0 Å². The van der Waals surface area contributed by atoms with Crippen LogP contribution in [0.15, 0.2) is 24.3 Å². The van der Waals surface area contributed by atoms with E-state index < -0.39 is 0 Å². The summed E-state index contributed by atoms with van der Waals surface area (Å²) in [5.74, 6) is 0. The second kappa shape index (κ2) is 4.74. The molecule has 0 aliphatic carbocycles. The average molecular weight is 239 g/mol. The number of hydrogen-bond donors (Lipinski definition) is 1. The SMILES string of the molecule is CN1CCNCC(C)(c2ccc(Cl)cc2)C1. The molecule has 0 aromatic heterocycles. The predicted octanol–water partition coefficient (Wildman–Crippen LogP) is 2.13. The Hall–Kier alpha value is -0.570. The van der Waals surface area contributed by atoms with Gasteiger partial charge in [0, 0.05) is 36.6 Å². The second-order valence-electron chi connectivity index (χ2n) is 4.98. The standard InChI is InChI=1S/C13H19ClN2/c1-13(9-15-7-8-16(2)10-13)11-3-5-12(14)6-4-11/h3-6,15H,7-10H2,1-2H3. The molecule has 1 heterocycles. The van der Waals surface area contributed by atoms with E-state index in [2.05, 4.69) is 36.3 Å². The molecule has 1 fully saturated rings. The molecule has 1 atom stereocenters. The van der Waals surface area contributed by atoms with E-state index in [0.29, 0.717) is 0 Å². The second-order valence-corrected chi connectivity index (χ2v) is 5.42. The van der Waals surface area contributed by atoms with E-state index in [1.807, 2.05) is 12.1 Å². The fourth-order valence-corrected chi connectivity index (χ4v) is 2.54. The molecule has 1 saturated heterocycles. The van der Waals surface area contributed by atoms with Crippen LogP contribution in [0.1, 0.15) is 12.5 Å². The summed E-state index contributed by atoms with van der Waals surface area (Å²) in [7, 11) is 2.18. The highest BCUT2D eigenvalue weighted by Crippen LogP contribution is 2.26. The van der Waals surface area contributed by atoms with E-state index in [0.717, 1.165) is 31.2 Å². The van der Waals surface area contributed by atoms with Gasteiger partial charge in [-0.15, -0.1) is 0 Å². The first kappa shape index (κ1) is 11.9. The zero-order chi connectivity index (χ0) is 11.6. The molecule has 1 aliphatic heterocycles. The monoisotopic (exact) mass is 238 g/mol. The number of halogens is 1. The van der Waals surface area contributed by atoms with Crippen molar-refractivity contribution in [1.82, 2.24) is 10.2 Å². The summed E-state index contributed by atoms with van der Waals surface area (Å²) in [5, 5.41) is 4.31. The van der Waals surface area contributed by atoms with Crippen LogP contribution < -0.4 is 5.32 Å². The molecule has 16 heavy (non-hydrogen) atoms. The number of likely N-dealkylation sites (N-methyl/N-ethyl adjacent to an activating group) is 1. The van der Waals surface area contributed by atoms with Crippen molar-refractivity contribution in [2.75, 3.05) is 33.2 Å². The third-order valence-corrected chi connectivity index (χ3v) is 3.60. The molecule has 1 unspecified atom stereocenters. The highest BCUT2D eigenvalue weighted by Gasteiger charge is 2.29. The Morgan fingerprint density at radius 1 is 1.31 bits per heavy atom. The number of hydrogen-bond acceptors (Lipinski definition) is 2. The zero-order valence-corrected chi connectivity index (χ0v) is 10.7. The van der Waals surface area contributed by atoms with Gasteiger partial charge < -0.3 is 10.2 Å². The predicted molar refractivity (Wildman–Crippen MR) is 69.2 cm³/mol. The molecule has 1 N–H and O–H groups in total. The van der Waals surface area contributed by atoms with Gasteiger partial charge >= 0.3 is 0 Å². The molecule has 88 valence electrons. The van der Waals surface area contributed by atoms with E-state index in [9.17, 15) is 0 Å². The first-order valence-electron chi connectivity index (χ1n) is 5.75. The molecule has 0 amide bonds. The van der Waals surface area contributed by atoms with Crippen LogP contribution in [0.4, 0.5) is 0 Å². The first-order valence-corrected chi connectivity index (χ1v) is 6.13. The molecule has 1 aromatic carbocycles. The van der Waals surface area contributed by atoms with Crippen molar-refractivity contribution < 1.29 is 0 Å². The van der Waals surface area contributed by atoms with Crippen molar-refractivity contribution >= 4 is 11.6 Å². The molecule has 3 heteroatoms. The number of nitrogens with one attached hydrogen (secondary N) is 1. The molecule has 0 saturated carbocycles. The minimum atomic E-state index is 0.176. The Morgan fingerprint density at radius 2 is 2.00 bits per heavy atom. The maximum absolute atomic E-state index is 5.93. The van der Waals surface area contributed by atoms with Crippen LogP contribution in [0.2, 0.25) is 5.02 Å². The number of rotatable bonds is 1. The van der Waals surface area contributed by atoms with Gasteiger partial charge in [-0.1, -0.05) is 30.7 Å². The lowest BCUT2D eigenvalue weighted by atomic mass is 9.82. The zero-order valence-electron chi connectivity index (χ0n) is 9.96. The van der Waals surface area contributed by atoms with E-state index >= 15 is 0 Å². The van der Waals surface area contributed by atoms with Gasteiger partial charge in [0.05, 0.1) is 0 Å². The molecule has 1 aliphatic rings. The van der Waals surface area contributed by atoms with Crippen LogP contribution in [0.3, 0.4) is 0 Å². The third-order valence-electron chi connectivity index (χ3n) is 3.35. The van der Waals surface area contributed by atoms with E-state index in [1.54, 1.807) is 0 Å². The summed E-state index contributed by atoms with van der Waals surface area (Å²) in [6, 6.07) is 8.24. The van der Waals surface area contributed by atoms with Gasteiger partial charge in [0.2, 0.25) is 0 Å². The van der Waals surface area contributed by atoms with Gasteiger partial charge in [0.25, 0.3) is 0 Å². The van der Waals surface area contributed by atoms with Crippen molar-refractivity contribution in [1.29, 1.82) is 0 Å². The third kappa shape index (κ3) is 2.57. The minimum absolute atomic E-state index is 0.176. The molecule has 0 spiro atoms. The van der Waals surface area contributed by atoms with Crippen LogP contribution in [0, 0.1) is 0 Å². The molecule has 2 nitrogen and oxygen atoms in total. The van der Waals surface area contributed by atoms with Gasteiger partial charge in [-0.05, 0) is 24.7 Å². The van der Waals surface area contributed by atoms with Crippen LogP contribution in [-0.4, -0.2) is 38.1 Å². The van der Waals surface area contributed by atoms with Gasteiger partial charge in [0.1, 0.15) is 0 Å². The van der Waals surface area contributed by atoms with Crippen molar-refractivity contribution in [2.24, 2.45) is 0 Å². The van der Waals surface area contributed by atoms with Crippen LogP contribution >= 0.6 is 11.6 Å². The van der Waals surface area contributed by atoms with Crippen molar-refractivity contribution in [2.45, 2.75) is 12.3 Å². The number of benzene rings is 1. The Morgan fingerprint density at radius 3 is 2.69 bits per heavy atom. The smallest absolute Gasteiger partial charge is 0.0406 e. The van der Waals surface area contributed by atoms with Crippen molar-refractivity contribution in [3.63, 3.8) is 0 Å². The van der Waals surface area contributed by atoms with E-state index in [1.165, 1.54) is 5.56 Å². The van der Waals surface area contributed by atoms with Crippen LogP contribution in [-0.2, 0) is 5.41 Å². The summed E-state index contributed by atoms with van der Waals surface area (Å²) >= 11 is 5.93. The lowest BCUT2D eigenvalue weighted by Crippen LogP contribution is -2.39. The summed E-state index contributed by atoms with van der Waals surface area (Å²) < 4.78 is 0. The Kier molecular flexibility index (Phi) is 3.53. The average Bonchev–Trinajstić information content (AvgIpc) is 2.41. The summed E-state index contributed by atoms with van der Waals surface area (Å²) in [6.07, 6.45) is 0. The molecule has 0 bridgehead atoms. The highest BCUT2D eigenvalue weighted by molar-refractivity contribution is 6.30. The van der Waals surface area contributed by atoms with Gasteiger partial charge in [-0.25, -0.2) is 0 Å². The van der Waals surface area contributed by atoms with Crippen LogP contribution in [0.25, 0.3) is 0 Å². The van der Waals surface area contributed by atoms with E-state index in [4.69, 9.17) is 11.6 Å². The lowest BCUT2D eigenvalue weighted by Gasteiger charge is -2.31. The van der Waals surface area contributed by atoms with E-state index in [-0.39, 0.29) is 5.41 Å². The normalized spacial score (nSPS) is 27.7. The maximum atomic E-state index is 5.93. The molecule has 0 radical (unpaired) electrons. The van der Waals surface area contributed by atoms with Gasteiger partial charge in [0.15, 0.2) is 0 Å². The molecular weight excluding hydrogens is 220 g/mol. The molecule has 1 aromatic rings. The largest absolute Gasteiger partial charge is 0.315 e. The first-order chi connectivity index (χ1) is 7.60. The van der Waals surface area contributed by atoms with Gasteiger partial charge in [-0.2, -0.15) is 0 Å². The molecule has 2 rings (SSSR count). The van der Waals surface area contributed by atoms with Crippen LogP contribution in [0.5, 0.6) is 0 Å². The Bertz CT molecular complexity index is 349. The maximum Gasteiger partial charge on any atom is 0.0406 e. The fourth-order valence-electron chi connectivity index (χ4n) is 2.41. The fraction of sp³-hybridized carbons (Fsp3) is 0.538. The molecular formula is C13H19ClN2. The summed E-state index contributed by atoms with van der Waals surface area (Å²) in [5.41, 5.74) is 1.54. The Balaban J connectivity index is 2.25. The Labute approximate surface area is 103 Å². The number of nitrogens with zero attached hydrogens (tertiary/aromatic N) is 1. The summed E-state index contributed by atoms with van der Waals surface area (Å²) in [6.45, 7) is 6.61. The minimum Gasteiger partial charge on any atom is -0.315 e. The van der Waals surface area contributed by atoms with Gasteiger partial charge in [-0.3, -0.25) is 0 Å². The highest BCUT2D eigenvalue weighted by atomic mass is 35.5. The topological polar surface area (TPSA) is 15.3 Å².